The Hall–Kier alpha value is -0.830. The molecular formula is C15H19ClF2O. The average Bonchev–Trinajstić information content (AvgIpc) is 2.38. The standard InChI is InChI=1S/C15H19ClF2O/c1-19-13-6-4-11(5-7-13)9-14(16)12-3-2-8-15(17,18)10-12/h4-7,12,14H,2-3,8-10H2,1H3. The molecule has 1 nitrogen and oxygen atoms in total. The Bertz CT molecular complexity index is 405. The first kappa shape index (κ1) is 14.6. The van der Waals surface area contributed by atoms with Crippen LogP contribution in [0.2, 0.25) is 0 Å². The maximum atomic E-state index is 13.4. The molecule has 4 heteroatoms. The first-order valence-corrected chi connectivity index (χ1v) is 7.09. The summed E-state index contributed by atoms with van der Waals surface area (Å²) < 4.78 is 31.8. The molecule has 0 N–H and O–H groups in total. The first-order chi connectivity index (χ1) is 9.00. The lowest BCUT2D eigenvalue weighted by Gasteiger charge is -2.31. The number of methoxy groups -OCH3 is 1. The number of hydrogen-bond donors (Lipinski definition) is 0. The molecule has 106 valence electrons. The summed E-state index contributed by atoms with van der Waals surface area (Å²) in [5, 5.41) is -0.223. The van der Waals surface area contributed by atoms with E-state index in [0.29, 0.717) is 12.8 Å². The van der Waals surface area contributed by atoms with Gasteiger partial charge in [0.25, 0.3) is 0 Å². The molecule has 1 aliphatic rings. The molecule has 1 fully saturated rings. The zero-order valence-corrected chi connectivity index (χ0v) is 11.8. The largest absolute Gasteiger partial charge is 0.497 e. The Morgan fingerprint density at radius 3 is 2.63 bits per heavy atom. The Morgan fingerprint density at radius 2 is 2.05 bits per heavy atom. The van der Waals surface area contributed by atoms with Crippen LogP contribution in [0.1, 0.15) is 31.2 Å². The van der Waals surface area contributed by atoms with Crippen LogP contribution < -0.4 is 4.74 Å². The van der Waals surface area contributed by atoms with Crippen molar-refractivity contribution >= 4 is 11.6 Å². The van der Waals surface area contributed by atoms with E-state index in [-0.39, 0.29) is 24.1 Å². The van der Waals surface area contributed by atoms with Gasteiger partial charge in [0, 0.05) is 18.2 Å². The Balaban J connectivity index is 1.94. The maximum absolute atomic E-state index is 13.4. The van der Waals surface area contributed by atoms with Gasteiger partial charge in [-0.15, -0.1) is 11.6 Å². The number of ether oxygens (including phenoxy) is 1. The van der Waals surface area contributed by atoms with E-state index in [2.05, 4.69) is 0 Å². The molecular weight excluding hydrogens is 270 g/mol. The van der Waals surface area contributed by atoms with Crippen LogP contribution in [0.25, 0.3) is 0 Å². The molecule has 0 aliphatic heterocycles. The fraction of sp³-hybridized carbons (Fsp3) is 0.600. The molecule has 0 spiro atoms. The summed E-state index contributed by atoms with van der Waals surface area (Å²) in [7, 11) is 1.61. The number of alkyl halides is 3. The molecule has 2 atom stereocenters. The van der Waals surface area contributed by atoms with Crippen LogP contribution in [0.15, 0.2) is 24.3 Å². The van der Waals surface area contributed by atoms with E-state index in [9.17, 15) is 8.78 Å². The zero-order valence-electron chi connectivity index (χ0n) is 11.0. The third-order valence-electron chi connectivity index (χ3n) is 3.78. The number of halogens is 3. The maximum Gasteiger partial charge on any atom is 0.248 e. The van der Waals surface area contributed by atoms with E-state index in [0.717, 1.165) is 17.7 Å². The highest BCUT2D eigenvalue weighted by Gasteiger charge is 2.38. The molecule has 19 heavy (non-hydrogen) atoms. The zero-order chi connectivity index (χ0) is 13.9. The number of hydrogen-bond acceptors (Lipinski definition) is 1. The van der Waals surface area contributed by atoms with Gasteiger partial charge >= 0.3 is 0 Å². The molecule has 1 aromatic carbocycles. The lowest BCUT2D eigenvalue weighted by molar-refractivity contribution is -0.0528. The lowest BCUT2D eigenvalue weighted by Crippen LogP contribution is -2.31. The van der Waals surface area contributed by atoms with Gasteiger partial charge in [-0.25, -0.2) is 8.78 Å². The van der Waals surface area contributed by atoms with Crippen molar-refractivity contribution in [2.45, 2.75) is 43.4 Å². The van der Waals surface area contributed by atoms with Gasteiger partial charge in [0.1, 0.15) is 5.75 Å². The van der Waals surface area contributed by atoms with Gasteiger partial charge in [-0.05, 0) is 42.9 Å². The summed E-state index contributed by atoms with van der Waals surface area (Å²) in [4.78, 5) is 0. The van der Waals surface area contributed by atoms with Crippen LogP contribution >= 0.6 is 11.6 Å². The highest BCUT2D eigenvalue weighted by Crippen LogP contribution is 2.40. The molecule has 1 aromatic rings. The number of benzene rings is 1. The predicted molar refractivity (Wildman–Crippen MR) is 73.2 cm³/mol. The second-order valence-corrected chi connectivity index (χ2v) is 5.84. The van der Waals surface area contributed by atoms with Crippen LogP contribution in [-0.2, 0) is 6.42 Å². The van der Waals surface area contributed by atoms with Crippen molar-refractivity contribution in [3.63, 3.8) is 0 Å². The molecule has 0 aromatic heterocycles. The molecule has 2 unspecified atom stereocenters. The van der Waals surface area contributed by atoms with Crippen molar-refractivity contribution in [1.29, 1.82) is 0 Å². The van der Waals surface area contributed by atoms with E-state index in [1.807, 2.05) is 24.3 Å². The SMILES string of the molecule is COc1ccc(CC(Cl)C2CCCC(F)(F)C2)cc1. The molecule has 0 amide bonds. The summed E-state index contributed by atoms with van der Waals surface area (Å²) in [6, 6.07) is 7.62. The summed E-state index contributed by atoms with van der Waals surface area (Å²) in [6.07, 6.45) is 1.95. The van der Waals surface area contributed by atoms with Crippen molar-refractivity contribution in [2.24, 2.45) is 5.92 Å². The highest BCUT2D eigenvalue weighted by atomic mass is 35.5. The van der Waals surface area contributed by atoms with Crippen LogP contribution in [0.4, 0.5) is 8.78 Å². The summed E-state index contributed by atoms with van der Waals surface area (Å²) >= 11 is 6.33. The van der Waals surface area contributed by atoms with Gasteiger partial charge < -0.3 is 4.74 Å². The van der Waals surface area contributed by atoms with Crippen LogP contribution in [0.5, 0.6) is 5.75 Å². The van der Waals surface area contributed by atoms with E-state index in [4.69, 9.17) is 16.3 Å². The normalized spacial score (nSPS) is 23.9. The average molecular weight is 289 g/mol. The van der Waals surface area contributed by atoms with Gasteiger partial charge in [-0.2, -0.15) is 0 Å². The minimum absolute atomic E-state index is 0.00957. The van der Waals surface area contributed by atoms with Crippen molar-refractivity contribution in [2.75, 3.05) is 7.11 Å². The first-order valence-electron chi connectivity index (χ1n) is 6.65. The Labute approximate surface area is 117 Å². The van der Waals surface area contributed by atoms with Gasteiger partial charge in [0.05, 0.1) is 7.11 Å². The van der Waals surface area contributed by atoms with Crippen molar-refractivity contribution in [3.8, 4) is 5.75 Å². The van der Waals surface area contributed by atoms with Crippen molar-refractivity contribution < 1.29 is 13.5 Å². The number of rotatable bonds is 4. The van der Waals surface area contributed by atoms with E-state index in [1.54, 1.807) is 7.11 Å². The molecule has 0 saturated heterocycles. The van der Waals surface area contributed by atoms with Crippen LogP contribution in [0.3, 0.4) is 0 Å². The van der Waals surface area contributed by atoms with Crippen LogP contribution in [0, 0.1) is 5.92 Å². The molecule has 0 heterocycles. The second-order valence-electron chi connectivity index (χ2n) is 5.28. The molecule has 0 radical (unpaired) electrons. The highest BCUT2D eigenvalue weighted by molar-refractivity contribution is 6.20. The monoisotopic (exact) mass is 288 g/mol. The predicted octanol–water partition coefficient (Wildman–Crippen LogP) is 4.67. The summed E-state index contributed by atoms with van der Waals surface area (Å²) in [5.74, 6) is -1.83. The van der Waals surface area contributed by atoms with Crippen LogP contribution in [-0.4, -0.2) is 18.4 Å². The molecule has 2 rings (SSSR count). The Kier molecular flexibility index (Phi) is 4.67. The van der Waals surface area contributed by atoms with E-state index >= 15 is 0 Å². The molecule has 1 saturated carbocycles. The molecule has 1 aliphatic carbocycles. The second kappa shape index (κ2) is 6.08. The minimum Gasteiger partial charge on any atom is -0.497 e. The smallest absolute Gasteiger partial charge is 0.248 e. The lowest BCUT2D eigenvalue weighted by atomic mass is 9.82. The fourth-order valence-electron chi connectivity index (χ4n) is 2.67. The molecule has 0 bridgehead atoms. The minimum atomic E-state index is -2.53. The van der Waals surface area contributed by atoms with E-state index < -0.39 is 5.92 Å². The van der Waals surface area contributed by atoms with Gasteiger partial charge in [0.15, 0.2) is 0 Å². The summed E-state index contributed by atoms with van der Waals surface area (Å²) in [6.45, 7) is 0. The van der Waals surface area contributed by atoms with Crippen molar-refractivity contribution in [3.05, 3.63) is 29.8 Å². The topological polar surface area (TPSA) is 9.23 Å². The van der Waals surface area contributed by atoms with Gasteiger partial charge in [-0.1, -0.05) is 12.1 Å². The van der Waals surface area contributed by atoms with Crippen molar-refractivity contribution in [1.82, 2.24) is 0 Å². The van der Waals surface area contributed by atoms with E-state index in [1.165, 1.54) is 0 Å². The fourth-order valence-corrected chi connectivity index (χ4v) is 3.07. The quantitative estimate of drug-likeness (QED) is 0.732. The van der Waals surface area contributed by atoms with Gasteiger partial charge in [-0.3, -0.25) is 0 Å². The third-order valence-corrected chi connectivity index (χ3v) is 4.29. The van der Waals surface area contributed by atoms with Gasteiger partial charge in [0.2, 0.25) is 5.92 Å². The third kappa shape index (κ3) is 4.07. The Morgan fingerprint density at radius 1 is 1.37 bits per heavy atom. The summed E-state index contributed by atoms with van der Waals surface area (Å²) in [5.41, 5.74) is 1.06.